The van der Waals surface area contributed by atoms with Crippen LogP contribution in [0.3, 0.4) is 0 Å². The van der Waals surface area contributed by atoms with Crippen molar-refractivity contribution in [1.82, 2.24) is 15.3 Å². The van der Waals surface area contributed by atoms with Gasteiger partial charge in [0.25, 0.3) is 0 Å². The van der Waals surface area contributed by atoms with Crippen molar-refractivity contribution in [3.8, 4) is 17.1 Å². The van der Waals surface area contributed by atoms with Gasteiger partial charge >= 0.3 is 0 Å². The van der Waals surface area contributed by atoms with Gasteiger partial charge in [-0.2, -0.15) is 0 Å². The van der Waals surface area contributed by atoms with Gasteiger partial charge in [-0.15, -0.1) is 0 Å². The molecule has 0 aliphatic rings. The normalized spacial score (nSPS) is 10.6. The predicted octanol–water partition coefficient (Wildman–Crippen LogP) is 6.26. The van der Waals surface area contributed by atoms with Crippen LogP contribution in [0.2, 0.25) is 5.02 Å². The number of fused-ring (bicyclic) bond motifs is 1. The van der Waals surface area contributed by atoms with E-state index in [1.54, 1.807) is 24.3 Å². The monoisotopic (exact) mass is 561 g/mol. The molecule has 40 heavy (non-hydrogen) atoms. The fourth-order valence-electron chi connectivity index (χ4n) is 3.93. The topological polar surface area (TPSA) is 115 Å². The van der Waals surface area contributed by atoms with E-state index in [0.29, 0.717) is 41.7 Å². The average Bonchev–Trinajstić information content (AvgIpc) is 3.45. The number of aldehydes is 1. The number of aromatic nitrogens is 2. The molecule has 0 atom stereocenters. The van der Waals surface area contributed by atoms with Crippen LogP contribution in [0, 0.1) is 5.82 Å². The SMILES string of the molecule is CN.O=CCCNCc1ccc(-c2ccc3ncnc(Nc4ccc(OCc5cccc(F)c5)c(Cl)c4)c3c2)o1. The van der Waals surface area contributed by atoms with Crippen LogP contribution in [-0.2, 0) is 17.9 Å². The number of hydrogen-bond donors (Lipinski definition) is 3. The van der Waals surface area contributed by atoms with E-state index >= 15 is 0 Å². The van der Waals surface area contributed by atoms with E-state index in [1.807, 2.05) is 36.4 Å². The Labute approximate surface area is 236 Å². The van der Waals surface area contributed by atoms with Gasteiger partial charge in [-0.05, 0) is 73.3 Å². The van der Waals surface area contributed by atoms with E-state index in [1.165, 1.54) is 25.5 Å². The minimum absolute atomic E-state index is 0.201. The molecule has 5 aromatic rings. The Morgan fingerprint density at radius 2 is 1.93 bits per heavy atom. The van der Waals surface area contributed by atoms with Crippen molar-refractivity contribution in [2.24, 2.45) is 5.73 Å². The van der Waals surface area contributed by atoms with Gasteiger partial charge in [-0.1, -0.05) is 23.7 Å². The molecule has 5 rings (SSSR count). The smallest absolute Gasteiger partial charge is 0.141 e. The van der Waals surface area contributed by atoms with Gasteiger partial charge in [0.1, 0.15) is 48.1 Å². The summed E-state index contributed by atoms with van der Waals surface area (Å²) in [4.78, 5) is 19.3. The molecule has 0 bridgehead atoms. The molecule has 0 saturated carbocycles. The van der Waals surface area contributed by atoms with Crippen molar-refractivity contribution >= 4 is 40.3 Å². The first kappa shape index (κ1) is 28.7. The van der Waals surface area contributed by atoms with Crippen LogP contribution >= 0.6 is 11.6 Å². The molecule has 0 radical (unpaired) electrons. The highest BCUT2D eigenvalue weighted by atomic mass is 35.5. The standard InChI is InChI=1S/C29H24ClFN4O3.CH5N/c30-25-15-22(6-9-28(25)37-17-19-3-1-4-21(31)13-19)35-29-24-14-20(5-8-26(24)33-18-34-29)27-10-7-23(38-27)16-32-11-2-12-36;1-2/h1,3-10,12-15,18,32H,2,11,16-17H2,(H,33,34,35);2H2,1H3. The molecule has 0 aliphatic heterocycles. The quantitative estimate of drug-likeness (QED) is 0.128. The van der Waals surface area contributed by atoms with Gasteiger partial charge in [-0.25, -0.2) is 14.4 Å². The van der Waals surface area contributed by atoms with Gasteiger partial charge in [-0.3, -0.25) is 0 Å². The van der Waals surface area contributed by atoms with Gasteiger partial charge in [0.15, 0.2) is 0 Å². The summed E-state index contributed by atoms with van der Waals surface area (Å²) in [5, 5.41) is 7.71. The molecule has 0 aliphatic carbocycles. The van der Waals surface area contributed by atoms with Crippen molar-refractivity contribution in [2.45, 2.75) is 19.6 Å². The Bertz CT molecular complexity index is 1580. The average molecular weight is 562 g/mol. The Balaban J connectivity index is 0.00000181. The van der Waals surface area contributed by atoms with Gasteiger partial charge < -0.3 is 30.3 Å². The number of carbonyl (C=O) groups is 1. The predicted molar refractivity (Wildman–Crippen MR) is 155 cm³/mol. The fraction of sp³-hybridized carbons (Fsp3) is 0.167. The minimum atomic E-state index is -0.312. The number of carbonyl (C=O) groups excluding carboxylic acids is 1. The van der Waals surface area contributed by atoms with Crippen molar-refractivity contribution in [2.75, 3.05) is 18.9 Å². The first-order valence-electron chi connectivity index (χ1n) is 12.6. The van der Waals surface area contributed by atoms with Crippen molar-refractivity contribution < 1.29 is 18.3 Å². The first-order chi connectivity index (χ1) is 19.6. The Kier molecular flexibility index (Phi) is 10.2. The maximum Gasteiger partial charge on any atom is 0.141 e. The molecule has 2 heterocycles. The molecule has 10 heteroatoms. The molecular formula is C30H29ClFN5O3. The highest BCUT2D eigenvalue weighted by Crippen LogP contribution is 2.32. The maximum absolute atomic E-state index is 13.4. The zero-order valence-electron chi connectivity index (χ0n) is 21.9. The molecule has 8 nitrogen and oxygen atoms in total. The lowest BCUT2D eigenvalue weighted by molar-refractivity contribution is -0.107. The molecule has 0 spiro atoms. The number of nitrogens with one attached hydrogen (secondary N) is 2. The van der Waals surface area contributed by atoms with Gasteiger partial charge in [0, 0.05) is 29.6 Å². The molecule has 0 amide bonds. The lowest BCUT2D eigenvalue weighted by atomic mass is 10.1. The van der Waals surface area contributed by atoms with Crippen LogP contribution in [-0.4, -0.2) is 29.8 Å². The summed E-state index contributed by atoms with van der Waals surface area (Å²) in [6.45, 7) is 1.35. The summed E-state index contributed by atoms with van der Waals surface area (Å²) in [6.07, 6.45) is 2.84. The highest BCUT2D eigenvalue weighted by molar-refractivity contribution is 6.32. The number of rotatable bonds is 11. The second kappa shape index (κ2) is 14.2. The third-order valence-electron chi connectivity index (χ3n) is 5.80. The van der Waals surface area contributed by atoms with Crippen LogP contribution < -0.4 is 21.1 Å². The Morgan fingerprint density at radius 3 is 2.73 bits per heavy atom. The Morgan fingerprint density at radius 1 is 1.05 bits per heavy atom. The van der Waals surface area contributed by atoms with E-state index in [0.717, 1.165) is 40.0 Å². The zero-order chi connectivity index (χ0) is 28.3. The molecule has 0 saturated heterocycles. The van der Waals surface area contributed by atoms with Crippen molar-refractivity contribution in [3.05, 3.63) is 101 Å². The number of nitrogens with two attached hydrogens (primary N) is 1. The van der Waals surface area contributed by atoms with Crippen LogP contribution in [0.25, 0.3) is 22.2 Å². The number of halogens is 2. The summed E-state index contributed by atoms with van der Waals surface area (Å²) in [6, 6.07) is 21.2. The summed E-state index contributed by atoms with van der Waals surface area (Å²) in [7, 11) is 1.50. The van der Waals surface area contributed by atoms with Crippen molar-refractivity contribution in [1.29, 1.82) is 0 Å². The molecule has 206 valence electrons. The number of furan rings is 1. The minimum Gasteiger partial charge on any atom is -0.487 e. The van der Waals surface area contributed by atoms with Crippen LogP contribution in [0.5, 0.6) is 5.75 Å². The second-order valence-corrected chi connectivity index (χ2v) is 8.95. The van der Waals surface area contributed by atoms with E-state index in [2.05, 4.69) is 26.3 Å². The maximum atomic E-state index is 13.4. The highest BCUT2D eigenvalue weighted by Gasteiger charge is 2.11. The van der Waals surface area contributed by atoms with Crippen LogP contribution in [0.1, 0.15) is 17.7 Å². The molecule has 2 aromatic heterocycles. The Hall–Kier alpha value is -4.31. The molecular weight excluding hydrogens is 533 g/mol. The number of anilines is 2. The number of hydrogen-bond acceptors (Lipinski definition) is 8. The summed E-state index contributed by atoms with van der Waals surface area (Å²) in [5.41, 5.74) is 7.59. The number of nitrogens with zero attached hydrogens (tertiary/aromatic N) is 2. The molecule has 3 aromatic carbocycles. The summed E-state index contributed by atoms with van der Waals surface area (Å²) in [5.74, 6) is 2.29. The first-order valence-corrected chi connectivity index (χ1v) is 13.0. The van der Waals surface area contributed by atoms with E-state index in [-0.39, 0.29) is 12.4 Å². The van der Waals surface area contributed by atoms with E-state index < -0.39 is 0 Å². The van der Waals surface area contributed by atoms with Gasteiger partial charge in [0.05, 0.1) is 17.1 Å². The van der Waals surface area contributed by atoms with Crippen LogP contribution in [0.4, 0.5) is 15.9 Å². The number of ether oxygens (including phenoxy) is 1. The lowest BCUT2D eigenvalue weighted by Gasteiger charge is -2.12. The van der Waals surface area contributed by atoms with E-state index in [9.17, 15) is 9.18 Å². The number of benzene rings is 3. The third kappa shape index (κ3) is 7.41. The van der Waals surface area contributed by atoms with Gasteiger partial charge in [0.2, 0.25) is 0 Å². The fourth-order valence-corrected chi connectivity index (χ4v) is 4.17. The zero-order valence-corrected chi connectivity index (χ0v) is 22.6. The van der Waals surface area contributed by atoms with Crippen LogP contribution in [0.15, 0.2) is 83.5 Å². The summed E-state index contributed by atoms with van der Waals surface area (Å²) >= 11 is 6.47. The largest absolute Gasteiger partial charge is 0.487 e. The molecule has 4 N–H and O–H groups in total. The van der Waals surface area contributed by atoms with Crippen molar-refractivity contribution in [3.63, 3.8) is 0 Å². The van der Waals surface area contributed by atoms with E-state index in [4.69, 9.17) is 20.8 Å². The molecule has 0 fully saturated rings. The second-order valence-electron chi connectivity index (χ2n) is 8.54. The summed E-state index contributed by atoms with van der Waals surface area (Å²) < 4.78 is 25.2. The lowest BCUT2D eigenvalue weighted by Crippen LogP contribution is -2.14. The third-order valence-corrected chi connectivity index (χ3v) is 6.09. The molecule has 0 unspecified atom stereocenters.